The average molecular weight is 235 g/mol. The molecule has 88 valence electrons. The Labute approximate surface area is 96.9 Å². The van der Waals surface area contributed by atoms with E-state index in [2.05, 4.69) is 14.8 Å². The molecule has 0 saturated heterocycles. The van der Waals surface area contributed by atoms with Crippen LogP contribution in [0.15, 0.2) is 24.5 Å². The molecule has 0 atom stereocenters. The number of halogens is 1. The minimum absolute atomic E-state index is 0.124. The van der Waals surface area contributed by atoms with Crippen molar-refractivity contribution in [3.05, 3.63) is 36.0 Å². The number of carbonyl (C=O) groups is 1. The van der Waals surface area contributed by atoms with E-state index in [9.17, 15) is 9.18 Å². The SMILES string of the molecule is COC(=O)c1cc(F)nc(-c2cnn(C)c2)c1. The first-order valence-corrected chi connectivity index (χ1v) is 4.85. The van der Waals surface area contributed by atoms with Crippen LogP contribution < -0.4 is 0 Å². The molecule has 2 heterocycles. The van der Waals surface area contributed by atoms with E-state index < -0.39 is 11.9 Å². The smallest absolute Gasteiger partial charge is 0.338 e. The summed E-state index contributed by atoms with van der Waals surface area (Å²) in [6, 6.07) is 2.50. The molecule has 0 saturated carbocycles. The molecule has 0 radical (unpaired) electrons. The molecular weight excluding hydrogens is 225 g/mol. The topological polar surface area (TPSA) is 57.0 Å². The van der Waals surface area contributed by atoms with Gasteiger partial charge in [-0.2, -0.15) is 9.49 Å². The summed E-state index contributed by atoms with van der Waals surface area (Å²) >= 11 is 0. The fourth-order valence-electron chi connectivity index (χ4n) is 1.43. The van der Waals surface area contributed by atoms with E-state index >= 15 is 0 Å². The lowest BCUT2D eigenvalue weighted by atomic mass is 10.1. The van der Waals surface area contributed by atoms with Crippen molar-refractivity contribution < 1.29 is 13.9 Å². The fourth-order valence-corrected chi connectivity index (χ4v) is 1.43. The highest BCUT2D eigenvalue weighted by Crippen LogP contribution is 2.18. The summed E-state index contributed by atoms with van der Waals surface area (Å²) in [7, 11) is 2.98. The van der Waals surface area contributed by atoms with Crippen LogP contribution in [0.25, 0.3) is 11.3 Å². The first kappa shape index (κ1) is 11.3. The Hall–Kier alpha value is -2.24. The van der Waals surface area contributed by atoms with Crippen LogP contribution in [0, 0.1) is 5.95 Å². The van der Waals surface area contributed by atoms with E-state index in [1.54, 1.807) is 24.1 Å². The van der Waals surface area contributed by atoms with Crippen molar-refractivity contribution in [3.63, 3.8) is 0 Å². The summed E-state index contributed by atoms with van der Waals surface area (Å²) in [5, 5.41) is 3.96. The molecule has 0 bridgehead atoms. The first-order valence-electron chi connectivity index (χ1n) is 4.85. The molecule has 0 aromatic carbocycles. The van der Waals surface area contributed by atoms with E-state index in [-0.39, 0.29) is 5.56 Å². The molecule has 0 aliphatic heterocycles. The second kappa shape index (κ2) is 4.32. The molecule has 0 amide bonds. The number of rotatable bonds is 2. The zero-order chi connectivity index (χ0) is 12.4. The van der Waals surface area contributed by atoms with Gasteiger partial charge in [-0.3, -0.25) is 4.68 Å². The van der Waals surface area contributed by atoms with Crippen LogP contribution in [-0.2, 0) is 11.8 Å². The van der Waals surface area contributed by atoms with Crippen molar-refractivity contribution in [2.45, 2.75) is 0 Å². The number of hydrogen-bond donors (Lipinski definition) is 0. The van der Waals surface area contributed by atoms with Crippen LogP contribution in [0.1, 0.15) is 10.4 Å². The number of methoxy groups -OCH3 is 1. The van der Waals surface area contributed by atoms with Crippen molar-refractivity contribution in [1.82, 2.24) is 14.8 Å². The van der Waals surface area contributed by atoms with Crippen LogP contribution in [-0.4, -0.2) is 27.8 Å². The third kappa shape index (κ3) is 2.30. The third-order valence-electron chi connectivity index (χ3n) is 2.22. The number of esters is 1. The normalized spacial score (nSPS) is 10.3. The summed E-state index contributed by atoms with van der Waals surface area (Å²) in [6.07, 6.45) is 3.23. The van der Waals surface area contributed by atoms with E-state index in [0.717, 1.165) is 6.07 Å². The zero-order valence-electron chi connectivity index (χ0n) is 9.35. The van der Waals surface area contributed by atoms with E-state index in [0.29, 0.717) is 11.3 Å². The number of pyridine rings is 1. The molecule has 17 heavy (non-hydrogen) atoms. The lowest BCUT2D eigenvalue weighted by Gasteiger charge is -2.02. The van der Waals surface area contributed by atoms with Crippen LogP contribution >= 0.6 is 0 Å². The number of carbonyl (C=O) groups excluding carboxylic acids is 1. The molecule has 2 aromatic heterocycles. The van der Waals surface area contributed by atoms with Gasteiger partial charge >= 0.3 is 5.97 Å². The second-order valence-corrected chi connectivity index (χ2v) is 3.46. The summed E-state index contributed by atoms with van der Waals surface area (Å²) in [4.78, 5) is 15.0. The molecule has 6 heteroatoms. The first-order chi connectivity index (χ1) is 8.10. The van der Waals surface area contributed by atoms with Gasteiger partial charge in [-0.15, -0.1) is 0 Å². The van der Waals surface area contributed by atoms with Gasteiger partial charge in [0.2, 0.25) is 5.95 Å². The van der Waals surface area contributed by atoms with Crippen molar-refractivity contribution in [2.24, 2.45) is 7.05 Å². The second-order valence-electron chi connectivity index (χ2n) is 3.46. The van der Waals surface area contributed by atoms with Crippen molar-refractivity contribution >= 4 is 5.97 Å². The largest absolute Gasteiger partial charge is 0.465 e. The highest BCUT2D eigenvalue weighted by atomic mass is 19.1. The molecule has 0 aliphatic carbocycles. The van der Waals surface area contributed by atoms with Gasteiger partial charge in [0.15, 0.2) is 0 Å². The zero-order valence-corrected chi connectivity index (χ0v) is 9.35. The predicted molar refractivity (Wildman–Crippen MR) is 57.7 cm³/mol. The average Bonchev–Trinajstić information content (AvgIpc) is 2.74. The Morgan fingerprint density at radius 1 is 1.47 bits per heavy atom. The summed E-state index contributed by atoms with van der Waals surface area (Å²) in [6.45, 7) is 0. The minimum Gasteiger partial charge on any atom is -0.465 e. The summed E-state index contributed by atoms with van der Waals surface area (Å²) < 4.78 is 19.4. The van der Waals surface area contributed by atoms with Crippen LogP contribution in [0.2, 0.25) is 0 Å². The number of nitrogens with zero attached hydrogens (tertiary/aromatic N) is 3. The molecule has 0 N–H and O–H groups in total. The minimum atomic E-state index is -0.730. The van der Waals surface area contributed by atoms with Gasteiger partial charge in [0.1, 0.15) is 0 Å². The van der Waals surface area contributed by atoms with Gasteiger partial charge in [-0.05, 0) is 6.07 Å². The Bertz CT molecular complexity index is 566. The lowest BCUT2D eigenvalue weighted by Crippen LogP contribution is -2.03. The fraction of sp³-hybridized carbons (Fsp3) is 0.182. The van der Waals surface area contributed by atoms with Gasteiger partial charge in [0, 0.05) is 24.9 Å². The number of aromatic nitrogens is 3. The molecule has 0 aliphatic rings. The van der Waals surface area contributed by atoms with Gasteiger partial charge in [-0.25, -0.2) is 9.78 Å². The van der Waals surface area contributed by atoms with E-state index in [1.165, 1.54) is 13.2 Å². The Morgan fingerprint density at radius 3 is 2.82 bits per heavy atom. The summed E-state index contributed by atoms with van der Waals surface area (Å²) in [5.41, 5.74) is 1.11. The highest BCUT2D eigenvalue weighted by molar-refractivity contribution is 5.90. The highest BCUT2D eigenvalue weighted by Gasteiger charge is 2.12. The van der Waals surface area contributed by atoms with Gasteiger partial charge in [0.25, 0.3) is 0 Å². The van der Waals surface area contributed by atoms with Crippen molar-refractivity contribution in [1.29, 1.82) is 0 Å². The van der Waals surface area contributed by atoms with Crippen LogP contribution in [0.3, 0.4) is 0 Å². The molecule has 0 unspecified atom stereocenters. The summed E-state index contributed by atoms with van der Waals surface area (Å²) in [5.74, 6) is -1.33. The molecular formula is C11H10FN3O2. The molecule has 0 spiro atoms. The van der Waals surface area contributed by atoms with Gasteiger partial charge < -0.3 is 4.74 Å². The quantitative estimate of drug-likeness (QED) is 0.583. The molecule has 0 fully saturated rings. The standard InChI is InChI=1S/C11H10FN3O2/c1-15-6-8(5-13-15)9-3-7(11(16)17-2)4-10(12)14-9/h3-6H,1-2H3. The number of hydrogen-bond acceptors (Lipinski definition) is 4. The van der Waals surface area contributed by atoms with Crippen molar-refractivity contribution in [3.8, 4) is 11.3 Å². The van der Waals surface area contributed by atoms with Gasteiger partial charge in [-0.1, -0.05) is 0 Å². The Kier molecular flexibility index (Phi) is 2.86. The monoisotopic (exact) mass is 235 g/mol. The number of ether oxygens (including phenoxy) is 1. The lowest BCUT2D eigenvalue weighted by molar-refractivity contribution is 0.0600. The predicted octanol–water partition coefficient (Wildman–Crippen LogP) is 1.41. The Balaban J connectivity index is 2.48. The van der Waals surface area contributed by atoms with E-state index in [1.807, 2.05) is 0 Å². The maximum Gasteiger partial charge on any atom is 0.338 e. The number of aryl methyl sites for hydroxylation is 1. The third-order valence-corrected chi connectivity index (χ3v) is 2.22. The maximum absolute atomic E-state index is 13.3. The van der Waals surface area contributed by atoms with Crippen molar-refractivity contribution in [2.75, 3.05) is 7.11 Å². The molecule has 2 rings (SSSR count). The Morgan fingerprint density at radius 2 is 2.24 bits per heavy atom. The van der Waals surface area contributed by atoms with Gasteiger partial charge in [0.05, 0.1) is 24.6 Å². The van der Waals surface area contributed by atoms with Crippen LogP contribution in [0.4, 0.5) is 4.39 Å². The van der Waals surface area contributed by atoms with Crippen LogP contribution in [0.5, 0.6) is 0 Å². The molecule has 5 nitrogen and oxygen atoms in total. The van der Waals surface area contributed by atoms with E-state index in [4.69, 9.17) is 0 Å². The molecule has 2 aromatic rings. The maximum atomic E-state index is 13.3.